The number of carbonyl (C=O) groups excluding carboxylic acids is 3. The number of imide groups is 2. The number of benzene rings is 2. The smallest absolute Gasteiger partial charge is 0.336 e. The van der Waals surface area contributed by atoms with Crippen LogP contribution in [-0.2, 0) is 9.59 Å². The Bertz CT molecular complexity index is 1210. The van der Waals surface area contributed by atoms with Crippen LogP contribution in [0.4, 0.5) is 10.5 Å². The highest BCUT2D eigenvalue weighted by Gasteiger charge is 2.38. The molecule has 3 rings (SSSR count). The van der Waals surface area contributed by atoms with E-state index in [9.17, 15) is 14.4 Å². The Morgan fingerprint density at radius 2 is 1.62 bits per heavy atom. The van der Waals surface area contributed by atoms with Gasteiger partial charge in [0.05, 0.1) is 37.1 Å². The minimum atomic E-state index is -0.960. The highest BCUT2D eigenvalue weighted by molar-refractivity contribution is 6.40. The molecule has 1 fully saturated rings. The maximum atomic E-state index is 13.3. The van der Waals surface area contributed by atoms with Gasteiger partial charge in [-0.05, 0) is 23.8 Å². The van der Waals surface area contributed by atoms with E-state index in [1.54, 1.807) is 6.08 Å². The molecule has 1 N–H and O–H groups in total. The van der Waals surface area contributed by atoms with Crippen LogP contribution in [0.15, 0.2) is 42.5 Å². The average molecular weight is 507 g/mol. The summed E-state index contributed by atoms with van der Waals surface area (Å²) in [5, 5.41) is 2.54. The summed E-state index contributed by atoms with van der Waals surface area (Å²) in [6.45, 7) is 3.78. The van der Waals surface area contributed by atoms with Gasteiger partial charge in [0, 0.05) is 12.1 Å². The number of ether oxygens (including phenoxy) is 4. The van der Waals surface area contributed by atoms with Gasteiger partial charge in [0.25, 0.3) is 11.8 Å². The lowest BCUT2D eigenvalue weighted by Gasteiger charge is -2.28. The quantitative estimate of drug-likeness (QED) is 0.324. The number of carbonyl (C=O) groups is 3. The molecule has 178 valence electrons. The van der Waals surface area contributed by atoms with Crippen molar-refractivity contribution >= 4 is 52.8 Å². The Balaban J connectivity index is 2.08. The number of halogens is 2. The molecule has 0 bridgehead atoms. The summed E-state index contributed by atoms with van der Waals surface area (Å²) in [7, 11) is 4.15. The summed E-state index contributed by atoms with van der Waals surface area (Å²) in [6, 6.07) is 4.81. The molecule has 1 saturated heterocycles. The van der Waals surface area contributed by atoms with Crippen LogP contribution in [0, 0.1) is 0 Å². The molecular weight excluding hydrogens is 487 g/mol. The molecule has 34 heavy (non-hydrogen) atoms. The van der Waals surface area contributed by atoms with Gasteiger partial charge in [-0.25, -0.2) is 9.69 Å². The fourth-order valence-electron chi connectivity index (χ4n) is 3.17. The number of barbiturate groups is 1. The third-order valence-corrected chi connectivity index (χ3v) is 5.28. The molecule has 0 aromatic heterocycles. The second-order valence-electron chi connectivity index (χ2n) is 6.75. The second kappa shape index (κ2) is 10.5. The van der Waals surface area contributed by atoms with Gasteiger partial charge < -0.3 is 18.9 Å². The first-order chi connectivity index (χ1) is 16.2. The summed E-state index contributed by atoms with van der Waals surface area (Å²) in [4.78, 5) is 39.2. The van der Waals surface area contributed by atoms with Crippen LogP contribution in [0.3, 0.4) is 0 Å². The van der Waals surface area contributed by atoms with E-state index in [1.807, 2.05) is 0 Å². The number of hydrogen-bond acceptors (Lipinski definition) is 7. The molecule has 0 radical (unpaired) electrons. The van der Waals surface area contributed by atoms with Crippen LogP contribution < -0.4 is 29.2 Å². The molecule has 0 atom stereocenters. The van der Waals surface area contributed by atoms with Crippen molar-refractivity contribution in [1.82, 2.24) is 5.32 Å². The summed E-state index contributed by atoms with van der Waals surface area (Å²) in [6.07, 6.45) is 2.82. The van der Waals surface area contributed by atoms with Gasteiger partial charge in [-0.3, -0.25) is 14.9 Å². The molecule has 0 aliphatic carbocycles. The summed E-state index contributed by atoms with van der Waals surface area (Å²) in [5.74, 6) is -0.891. The van der Waals surface area contributed by atoms with E-state index in [1.165, 1.54) is 51.7 Å². The molecule has 4 amide bonds. The monoisotopic (exact) mass is 506 g/mol. The zero-order valence-corrected chi connectivity index (χ0v) is 20.0. The molecule has 11 heteroatoms. The van der Waals surface area contributed by atoms with Crippen molar-refractivity contribution in [1.29, 1.82) is 0 Å². The third-order valence-electron chi connectivity index (χ3n) is 4.70. The Kier molecular flexibility index (Phi) is 7.70. The first-order valence-electron chi connectivity index (χ1n) is 9.69. The molecular formula is C23H20Cl2N2O7. The van der Waals surface area contributed by atoms with E-state index in [4.69, 9.17) is 42.1 Å². The normalized spacial score (nSPS) is 14.7. The molecule has 1 aliphatic heterocycles. The van der Waals surface area contributed by atoms with Gasteiger partial charge in [-0.2, -0.15) is 0 Å². The third kappa shape index (κ3) is 4.80. The Morgan fingerprint density at radius 1 is 0.941 bits per heavy atom. The van der Waals surface area contributed by atoms with Crippen LogP contribution in [0.2, 0.25) is 10.0 Å². The zero-order valence-electron chi connectivity index (χ0n) is 18.4. The van der Waals surface area contributed by atoms with E-state index in [2.05, 4.69) is 11.9 Å². The van der Waals surface area contributed by atoms with Crippen molar-refractivity contribution in [2.45, 2.75) is 0 Å². The lowest BCUT2D eigenvalue weighted by Crippen LogP contribution is -2.54. The van der Waals surface area contributed by atoms with Gasteiger partial charge in [0.1, 0.15) is 23.7 Å². The minimum Gasteiger partial charge on any atom is -0.495 e. The topological polar surface area (TPSA) is 103 Å². The Labute approximate surface area is 205 Å². The number of hydrogen-bond donors (Lipinski definition) is 1. The average Bonchev–Trinajstić information content (AvgIpc) is 2.81. The van der Waals surface area contributed by atoms with E-state index >= 15 is 0 Å². The maximum absolute atomic E-state index is 13.3. The standard InChI is InChI=1S/C23H20Cl2N2O7/c1-5-6-34-20-15(25)8-12(9-19(20)33-4)7-13-21(28)26-23(30)27(22(13)29)16-11-17(31-2)14(24)10-18(16)32-3/h5,7-11H,1,6H2,2-4H3,(H,26,28,30)/b13-7+. The van der Waals surface area contributed by atoms with Crippen LogP contribution in [0.5, 0.6) is 23.0 Å². The Morgan fingerprint density at radius 3 is 2.24 bits per heavy atom. The molecule has 0 spiro atoms. The molecule has 1 aliphatic rings. The lowest BCUT2D eigenvalue weighted by molar-refractivity contribution is -0.122. The largest absolute Gasteiger partial charge is 0.495 e. The number of nitrogens with zero attached hydrogens (tertiary/aromatic N) is 1. The minimum absolute atomic E-state index is 0.0356. The van der Waals surface area contributed by atoms with Gasteiger partial charge in [0.2, 0.25) is 0 Å². The second-order valence-corrected chi connectivity index (χ2v) is 7.56. The first kappa shape index (κ1) is 24.9. The highest BCUT2D eigenvalue weighted by atomic mass is 35.5. The highest BCUT2D eigenvalue weighted by Crippen LogP contribution is 2.40. The molecule has 0 saturated carbocycles. The van der Waals surface area contributed by atoms with E-state index in [0.29, 0.717) is 5.56 Å². The fraction of sp³-hybridized carbons (Fsp3) is 0.174. The van der Waals surface area contributed by atoms with Crippen molar-refractivity contribution in [3.05, 3.63) is 58.1 Å². The van der Waals surface area contributed by atoms with Crippen molar-refractivity contribution in [2.75, 3.05) is 32.8 Å². The number of nitrogens with one attached hydrogen (secondary N) is 1. The molecule has 2 aromatic carbocycles. The lowest BCUT2D eigenvalue weighted by atomic mass is 10.1. The molecule has 0 unspecified atom stereocenters. The predicted octanol–water partition coefficient (Wildman–Crippen LogP) is 4.25. The van der Waals surface area contributed by atoms with E-state index in [-0.39, 0.29) is 50.9 Å². The molecule has 1 heterocycles. The number of methoxy groups -OCH3 is 3. The van der Waals surface area contributed by atoms with Crippen molar-refractivity contribution < 1.29 is 33.3 Å². The van der Waals surface area contributed by atoms with Gasteiger partial charge >= 0.3 is 6.03 Å². The van der Waals surface area contributed by atoms with Gasteiger partial charge in [-0.1, -0.05) is 35.9 Å². The Hall–Kier alpha value is -3.69. The first-order valence-corrected chi connectivity index (χ1v) is 10.5. The number of rotatable bonds is 8. The number of urea groups is 1. The van der Waals surface area contributed by atoms with Crippen molar-refractivity contribution in [2.24, 2.45) is 0 Å². The summed E-state index contributed by atoms with van der Waals surface area (Å²) in [5.41, 5.74) is 0.0724. The maximum Gasteiger partial charge on any atom is 0.336 e. The zero-order chi connectivity index (χ0) is 25.0. The predicted molar refractivity (Wildman–Crippen MR) is 127 cm³/mol. The van der Waals surface area contributed by atoms with Gasteiger partial charge in [-0.15, -0.1) is 0 Å². The summed E-state index contributed by atoms with van der Waals surface area (Å²) >= 11 is 12.4. The number of anilines is 1. The molecule has 2 aromatic rings. The van der Waals surface area contributed by atoms with E-state index < -0.39 is 17.8 Å². The fourth-order valence-corrected chi connectivity index (χ4v) is 3.67. The molecule has 9 nitrogen and oxygen atoms in total. The van der Waals surface area contributed by atoms with Crippen molar-refractivity contribution in [3.8, 4) is 23.0 Å². The van der Waals surface area contributed by atoms with Crippen LogP contribution in [0.1, 0.15) is 5.56 Å². The van der Waals surface area contributed by atoms with Crippen LogP contribution >= 0.6 is 23.2 Å². The van der Waals surface area contributed by atoms with Crippen molar-refractivity contribution in [3.63, 3.8) is 0 Å². The summed E-state index contributed by atoms with van der Waals surface area (Å²) < 4.78 is 21.3. The van der Waals surface area contributed by atoms with E-state index in [0.717, 1.165) is 4.90 Å². The van der Waals surface area contributed by atoms with Crippen LogP contribution in [-0.4, -0.2) is 45.8 Å². The van der Waals surface area contributed by atoms with Crippen LogP contribution in [0.25, 0.3) is 6.08 Å². The number of amides is 4. The van der Waals surface area contributed by atoms with Gasteiger partial charge in [0.15, 0.2) is 11.5 Å². The SMILES string of the molecule is C=CCOc1c(Cl)cc(/C=C2\C(=O)NC(=O)N(c3cc(OC)c(Cl)cc3OC)C2=O)cc1OC.